The van der Waals surface area contributed by atoms with E-state index in [9.17, 15) is 14.4 Å². The van der Waals surface area contributed by atoms with Crippen LogP contribution in [-0.4, -0.2) is 24.3 Å². The fraction of sp³-hybridized carbons (Fsp3) is 0.0952. The van der Waals surface area contributed by atoms with Gasteiger partial charge in [-0.2, -0.15) is 0 Å². The summed E-state index contributed by atoms with van der Waals surface area (Å²) in [5.74, 6) is -0.986. The van der Waals surface area contributed by atoms with Crippen LogP contribution in [0.25, 0.3) is 0 Å². The first kappa shape index (κ1) is 18.1. The topological polar surface area (TPSA) is 85.6 Å². The molecule has 136 valence electrons. The maximum Gasteiger partial charge on any atom is 0.342 e. The van der Waals surface area contributed by atoms with Gasteiger partial charge in [0.15, 0.2) is 12.4 Å². The van der Waals surface area contributed by atoms with Crippen molar-refractivity contribution in [3.8, 4) is 0 Å². The Kier molecular flexibility index (Phi) is 5.47. The Morgan fingerprint density at radius 3 is 2.33 bits per heavy atom. The monoisotopic (exact) mass is 363 g/mol. The molecule has 0 unspecified atom stereocenters. The molecule has 27 heavy (non-hydrogen) atoms. The van der Waals surface area contributed by atoms with E-state index in [4.69, 9.17) is 9.15 Å². The summed E-state index contributed by atoms with van der Waals surface area (Å²) >= 11 is 0. The van der Waals surface area contributed by atoms with E-state index in [2.05, 4.69) is 5.32 Å². The molecule has 6 heteroatoms. The number of para-hydroxylation sites is 1. The van der Waals surface area contributed by atoms with Gasteiger partial charge in [0.25, 0.3) is 5.91 Å². The number of nitrogens with one attached hydrogen (secondary N) is 1. The molecular weight excluding hydrogens is 346 g/mol. The Morgan fingerprint density at radius 1 is 0.926 bits per heavy atom. The predicted molar refractivity (Wildman–Crippen MR) is 98.7 cm³/mol. The molecule has 0 bridgehead atoms. The van der Waals surface area contributed by atoms with E-state index in [0.717, 1.165) is 0 Å². The van der Waals surface area contributed by atoms with Crippen LogP contribution in [0.3, 0.4) is 0 Å². The van der Waals surface area contributed by atoms with Crippen LogP contribution in [0.4, 0.5) is 5.69 Å². The van der Waals surface area contributed by atoms with Crippen molar-refractivity contribution >= 4 is 23.3 Å². The maximum atomic E-state index is 12.7. The van der Waals surface area contributed by atoms with Gasteiger partial charge in [-0.1, -0.05) is 42.5 Å². The molecule has 0 aliphatic heterocycles. The lowest BCUT2D eigenvalue weighted by Crippen LogP contribution is -2.22. The van der Waals surface area contributed by atoms with Crippen LogP contribution in [0.2, 0.25) is 0 Å². The normalized spacial score (nSPS) is 10.3. The molecule has 0 saturated carbocycles. The quantitative estimate of drug-likeness (QED) is 0.534. The molecule has 1 N–H and O–H groups in total. The summed E-state index contributed by atoms with van der Waals surface area (Å²) in [6, 6.07) is 16.9. The minimum Gasteiger partial charge on any atom is -0.469 e. The molecule has 0 fully saturated rings. The Hall–Kier alpha value is -3.67. The van der Waals surface area contributed by atoms with Gasteiger partial charge in [0.1, 0.15) is 11.3 Å². The minimum absolute atomic E-state index is 0.211. The summed E-state index contributed by atoms with van der Waals surface area (Å²) in [5, 5.41) is 2.62. The van der Waals surface area contributed by atoms with Crippen molar-refractivity contribution in [1.82, 2.24) is 0 Å². The van der Waals surface area contributed by atoms with Crippen molar-refractivity contribution in [2.45, 2.75) is 6.92 Å². The van der Waals surface area contributed by atoms with Crippen molar-refractivity contribution in [1.29, 1.82) is 0 Å². The molecule has 0 saturated heterocycles. The molecule has 0 aliphatic carbocycles. The average Bonchev–Trinajstić information content (AvgIpc) is 3.13. The Labute approximate surface area is 155 Å². The van der Waals surface area contributed by atoms with E-state index in [1.165, 1.54) is 12.3 Å². The minimum atomic E-state index is -0.648. The van der Waals surface area contributed by atoms with E-state index in [-0.39, 0.29) is 11.3 Å². The predicted octanol–water partition coefficient (Wildman–Crippen LogP) is 3.61. The molecule has 1 amide bonds. The lowest BCUT2D eigenvalue weighted by Gasteiger charge is -2.11. The number of carbonyl (C=O) groups is 3. The first-order valence-corrected chi connectivity index (χ1v) is 8.26. The summed E-state index contributed by atoms with van der Waals surface area (Å²) in [7, 11) is 0. The number of carbonyl (C=O) groups excluding carboxylic acids is 3. The summed E-state index contributed by atoms with van der Waals surface area (Å²) in [6.45, 7) is 1.15. The second kappa shape index (κ2) is 8.14. The summed E-state index contributed by atoms with van der Waals surface area (Å²) in [6.07, 6.45) is 1.37. The number of rotatable bonds is 6. The highest BCUT2D eigenvalue weighted by molar-refractivity contribution is 6.13. The summed E-state index contributed by atoms with van der Waals surface area (Å²) in [4.78, 5) is 36.7. The molecule has 1 heterocycles. The highest BCUT2D eigenvalue weighted by atomic mass is 16.5. The van der Waals surface area contributed by atoms with Gasteiger partial charge in [0.05, 0.1) is 12.0 Å². The number of aryl methyl sites for hydroxylation is 1. The summed E-state index contributed by atoms with van der Waals surface area (Å²) < 4.78 is 10.0. The SMILES string of the molecule is Cc1occc1C(=O)OCC(=O)Nc1ccccc1C(=O)c1ccccc1. The van der Waals surface area contributed by atoms with Crippen molar-refractivity contribution in [3.05, 3.63) is 89.4 Å². The number of hydrogen-bond acceptors (Lipinski definition) is 5. The summed E-state index contributed by atoms with van der Waals surface area (Å²) in [5.41, 5.74) is 1.49. The largest absolute Gasteiger partial charge is 0.469 e. The smallest absolute Gasteiger partial charge is 0.342 e. The van der Waals surface area contributed by atoms with Gasteiger partial charge in [-0.05, 0) is 25.1 Å². The van der Waals surface area contributed by atoms with Crippen molar-refractivity contribution < 1.29 is 23.5 Å². The lowest BCUT2D eigenvalue weighted by atomic mass is 10.0. The lowest BCUT2D eigenvalue weighted by molar-refractivity contribution is -0.119. The molecule has 0 atom stereocenters. The Bertz CT molecular complexity index is 975. The third-order valence-electron chi connectivity index (χ3n) is 3.89. The van der Waals surface area contributed by atoms with Crippen LogP contribution < -0.4 is 5.32 Å². The molecule has 0 radical (unpaired) electrons. The number of ketones is 1. The number of furan rings is 1. The molecule has 1 aromatic heterocycles. The van der Waals surface area contributed by atoms with Gasteiger partial charge < -0.3 is 14.5 Å². The fourth-order valence-corrected chi connectivity index (χ4v) is 2.53. The van der Waals surface area contributed by atoms with E-state index >= 15 is 0 Å². The molecule has 3 aromatic rings. The zero-order valence-corrected chi connectivity index (χ0v) is 14.6. The average molecular weight is 363 g/mol. The zero-order chi connectivity index (χ0) is 19.2. The first-order chi connectivity index (χ1) is 13.1. The van der Waals surface area contributed by atoms with Crippen LogP contribution in [-0.2, 0) is 9.53 Å². The molecule has 0 spiro atoms. The van der Waals surface area contributed by atoms with Crippen molar-refractivity contribution in [3.63, 3.8) is 0 Å². The molecule has 0 aliphatic rings. The van der Waals surface area contributed by atoms with Gasteiger partial charge in [-0.15, -0.1) is 0 Å². The molecule has 2 aromatic carbocycles. The number of esters is 1. The van der Waals surface area contributed by atoms with Gasteiger partial charge in [-0.25, -0.2) is 4.79 Å². The molecular formula is C21H17NO5. The number of hydrogen-bond donors (Lipinski definition) is 1. The number of anilines is 1. The fourth-order valence-electron chi connectivity index (χ4n) is 2.53. The van der Waals surface area contributed by atoms with E-state index in [1.807, 2.05) is 6.07 Å². The number of benzene rings is 2. The van der Waals surface area contributed by atoms with E-state index in [1.54, 1.807) is 55.5 Å². The molecule has 3 rings (SSSR count). The zero-order valence-electron chi connectivity index (χ0n) is 14.6. The number of ether oxygens (including phenoxy) is 1. The van der Waals surface area contributed by atoms with Crippen LogP contribution >= 0.6 is 0 Å². The van der Waals surface area contributed by atoms with Gasteiger partial charge in [0.2, 0.25) is 0 Å². The van der Waals surface area contributed by atoms with Crippen molar-refractivity contribution in [2.75, 3.05) is 11.9 Å². The van der Waals surface area contributed by atoms with Crippen molar-refractivity contribution in [2.24, 2.45) is 0 Å². The standard InChI is InChI=1S/C21H17NO5/c1-14-16(11-12-26-14)21(25)27-13-19(23)22-18-10-6-5-9-17(18)20(24)15-7-3-2-4-8-15/h2-12H,13H2,1H3,(H,22,23). The van der Waals surface area contributed by atoms with E-state index in [0.29, 0.717) is 22.6 Å². The maximum absolute atomic E-state index is 12.7. The van der Waals surface area contributed by atoms with Gasteiger partial charge >= 0.3 is 5.97 Å². The van der Waals surface area contributed by atoms with Gasteiger partial charge in [0, 0.05) is 11.1 Å². The van der Waals surface area contributed by atoms with Crippen LogP contribution in [0.5, 0.6) is 0 Å². The third kappa shape index (κ3) is 4.30. The molecule has 6 nitrogen and oxygen atoms in total. The third-order valence-corrected chi connectivity index (χ3v) is 3.89. The van der Waals surface area contributed by atoms with Gasteiger partial charge in [-0.3, -0.25) is 9.59 Å². The Balaban J connectivity index is 1.67. The second-order valence-corrected chi connectivity index (χ2v) is 5.76. The highest BCUT2D eigenvalue weighted by Crippen LogP contribution is 2.19. The van der Waals surface area contributed by atoms with Crippen LogP contribution in [0.15, 0.2) is 71.3 Å². The first-order valence-electron chi connectivity index (χ1n) is 8.26. The van der Waals surface area contributed by atoms with Crippen LogP contribution in [0.1, 0.15) is 32.0 Å². The Morgan fingerprint density at radius 2 is 1.63 bits per heavy atom. The van der Waals surface area contributed by atoms with Crippen LogP contribution in [0, 0.1) is 6.92 Å². The highest BCUT2D eigenvalue weighted by Gasteiger charge is 2.17. The van der Waals surface area contributed by atoms with E-state index < -0.39 is 18.5 Å². The second-order valence-electron chi connectivity index (χ2n) is 5.76. The number of amides is 1.